The Morgan fingerprint density at radius 2 is 1.67 bits per heavy atom. The van der Waals surface area contributed by atoms with Gasteiger partial charge in [0, 0.05) is 21.3 Å². The smallest absolute Gasteiger partial charge is 0.212 e. The van der Waals surface area contributed by atoms with Gasteiger partial charge in [0.1, 0.15) is 11.6 Å². The van der Waals surface area contributed by atoms with Crippen molar-refractivity contribution in [2.45, 2.75) is 6.42 Å². The molecule has 1 rings (SSSR count). The van der Waals surface area contributed by atoms with E-state index in [-0.39, 0.29) is 17.0 Å². The fourth-order valence-corrected chi connectivity index (χ4v) is 1.91. The van der Waals surface area contributed by atoms with Crippen LogP contribution in [0.2, 0.25) is 5.02 Å². The first-order valence-corrected chi connectivity index (χ1v) is 6.71. The summed E-state index contributed by atoms with van der Waals surface area (Å²) in [6.07, 6.45) is -0.319. The third kappa shape index (κ3) is 3.93. The van der Waals surface area contributed by atoms with Crippen molar-refractivity contribution in [3.05, 3.63) is 34.4 Å². The summed E-state index contributed by atoms with van der Waals surface area (Å²) in [5.41, 5.74) is -0.330. The Morgan fingerprint density at radius 1 is 1.20 bits per heavy atom. The maximum absolute atomic E-state index is 13.1. The van der Waals surface area contributed by atoms with Gasteiger partial charge >= 0.3 is 0 Å². The molecule has 0 heterocycles. The van der Waals surface area contributed by atoms with Crippen LogP contribution in [0.3, 0.4) is 0 Å². The van der Waals surface area contributed by atoms with Gasteiger partial charge in [-0.15, -0.1) is 0 Å². The number of hydrogen-bond acceptors (Lipinski definition) is 2. The molecule has 0 saturated carbocycles. The summed E-state index contributed by atoms with van der Waals surface area (Å²) in [6, 6.07) is 1.83. The van der Waals surface area contributed by atoms with Crippen LogP contribution < -0.4 is 0 Å². The number of rotatable bonds is 3. The van der Waals surface area contributed by atoms with Crippen LogP contribution in [-0.4, -0.2) is 14.2 Å². The summed E-state index contributed by atoms with van der Waals surface area (Å²) in [7, 11) is 1.16. The molecule has 0 radical (unpaired) electrons. The van der Waals surface area contributed by atoms with E-state index in [0.29, 0.717) is 0 Å². The quantitative estimate of drug-likeness (QED) is 0.795. The summed E-state index contributed by atoms with van der Waals surface area (Å²) < 4.78 is 47.4. The van der Waals surface area contributed by atoms with Gasteiger partial charge in [-0.2, -0.15) is 0 Å². The molecular weight excluding hydrogens is 269 g/mol. The zero-order valence-electron chi connectivity index (χ0n) is 7.31. The summed E-state index contributed by atoms with van der Waals surface area (Å²) in [6.45, 7) is 0. The molecule has 0 N–H and O–H groups in total. The minimum Gasteiger partial charge on any atom is -0.212 e. The lowest BCUT2D eigenvalue weighted by atomic mass is 10.1. The fourth-order valence-electron chi connectivity index (χ4n) is 1.03. The van der Waals surface area contributed by atoms with Gasteiger partial charge in [-0.3, -0.25) is 0 Å². The Bertz CT molecular complexity index is 451. The van der Waals surface area contributed by atoms with E-state index >= 15 is 0 Å². The molecule has 15 heavy (non-hydrogen) atoms. The van der Waals surface area contributed by atoms with Gasteiger partial charge < -0.3 is 0 Å². The Balaban J connectivity index is 2.96. The van der Waals surface area contributed by atoms with Gasteiger partial charge in [-0.05, 0) is 18.6 Å². The van der Waals surface area contributed by atoms with Crippen molar-refractivity contribution < 1.29 is 17.2 Å². The SMILES string of the molecule is O=S(=O)(Cl)CCc1c(F)cc(Cl)cc1F. The number of halogens is 4. The second-order valence-electron chi connectivity index (χ2n) is 2.84. The lowest BCUT2D eigenvalue weighted by Gasteiger charge is -2.03. The van der Waals surface area contributed by atoms with Crippen molar-refractivity contribution in [3.63, 3.8) is 0 Å². The zero-order chi connectivity index (χ0) is 11.6. The van der Waals surface area contributed by atoms with Crippen LogP contribution >= 0.6 is 22.3 Å². The molecule has 0 saturated heterocycles. The first kappa shape index (κ1) is 12.7. The van der Waals surface area contributed by atoms with E-state index in [1.165, 1.54) is 0 Å². The highest BCUT2D eigenvalue weighted by Gasteiger charge is 2.14. The molecule has 0 aliphatic rings. The molecule has 0 amide bonds. The van der Waals surface area contributed by atoms with Gasteiger partial charge in [0.2, 0.25) is 9.05 Å². The fraction of sp³-hybridized carbons (Fsp3) is 0.250. The van der Waals surface area contributed by atoms with Gasteiger partial charge in [0.05, 0.1) is 5.75 Å². The summed E-state index contributed by atoms with van der Waals surface area (Å²) in [4.78, 5) is 0. The Kier molecular flexibility index (Phi) is 3.92. The van der Waals surface area contributed by atoms with E-state index in [4.69, 9.17) is 22.3 Å². The molecule has 0 aromatic heterocycles. The van der Waals surface area contributed by atoms with Gasteiger partial charge in [0.25, 0.3) is 0 Å². The van der Waals surface area contributed by atoms with Crippen LogP contribution in [0.4, 0.5) is 8.78 Å². The minimum atomic E-state index is -3.76. The predicted molar refractivity (Wildman–Crippen MR) is 54.7 cm³/mol. The second-order valence-corrected chi connectivity index (χ2v) is 6.17. The molecule has 0 aliphatic heterocycles. The van der Waals surface area contributed by atoms with Crippen LogP contribution in [0.5, 0.6) is 0 Å². The van der Waals surface area contributed by atoms with E-state index in [1.807, 2.05) is 0 Å². The van der Waals surface area contributed by atoms with Crippen molar-refractivity contribution in [2.24, 2.45) is 0 Å². The van der Waals surface area contributed by atoms with Crippen LogP contribution in [0.15, 0.2) is 12.1 Å². The lowest BCUT2D eigenvalue weighted by molar-refractivity contribution is 0.557. The van der Waals surface area contributed by atoms with Gasteiger partial charge in [0.15, 0.2) is 0 Å². The second kappa shape index (κ2) is 4.63. The molecule has 84 valence electrons. The molecular formula is C8H6Cl2F2O2S. The third-order valence-electron chi connectivity index (χ3n) is 1.70. The summed E-state index contributed by atoms with van der Waals surface area (Å²) >= 11 is 5.39. The van der Waals surface area contributed by atoms with E-state index in [1.54, 1.807) is 0 Å². The minimum absolute atomic E-state index is 0.0810. The maximum Gasteiger partial charge on any atom is 0.232 e. The Labute approximate surface area is 95.2 Å². The molecule has 2 nitrogen and oxygen atoms in total. The van der Waals surface area contributed by atoms with E-state index < -0.39 is 26.4 Å². The van der Waals surface area contributed by atoms with Crippen LogP contribution in [0.25, 0.3) is 0 Å². The van der Waals surface area contributed by atoms with Crippen molar-refractivity contribution in [2.75, 3.05) is 5.75 Å². The topological polar surface area (TPSA) is 34.1 Å². The lowest BCUT2D eigenvalue weighted by Crippen LogP contribution is -2.05. The van der Waals surface area contributed by atoms with Crippen molar-refractivity contribution in [1.29, 1.82) is 0 Å². The van der Waals surface area contributed by atoms with E-state index in [9.17, 15) is 17.2 Å². The molecule has 0 bridgehead atoms. The van der Waals surface area contributed by atoms with Crippen molar-refractivity contribution >= 4 is 31.3 Å². The van der Waals surface area contributed by atoms with E-state index in [0.717, 1.165) is 12.1 Å². The monoisotopic (exact) mass is 274 g/mol. The number of benzene rings is 1. The summed E-state index contributed by atoms with van der Waals surface area (Å²) in [5, 5.41) is -0.0810. The summed E-state index contributed by atoms with van der Waals surface area (Å²) in [5.74, 6) is -2.27. The number of hydrogen-bond donors (Lipinski definition) is 0. The molecule has 7 heteroatoms. The van der Waals surface area contributed by atoms with Crippen LogP contribution in [-0.2, 0) is 15.5 Å². The molecule has 1 aromatic rings. The zero-order valence-corrected chi connectivity index (χ0v) is 9.63. The molecule has 0 aliphatic carbocycles. The molecule has 0 atom stereocenters. The highest BCUT2D eigenvalue weighted by atomic mass is 35.7. The first-order valence-electron chi connectivity index (χ1n) is 3.85. The maximum atomic E-state index is 13.1. The molecule has 0 spiro atoms. The average molecular weight is 275 g/mol. The highest BCUT2D eigenvalue weighted by molar-refractivity contribution is 8.13. The van der Waals surface area contributed by atoms with Crippen LogP contribution in [0.1, 0.15) is 5.56 Å². The van der Waals surface area contributed by atoms with Crippen molar-refractivity contribution in [1.82, 2.24) is 0 Å². The molecule has 0 unspecified atom stereocenters. The highest BCUT2D eigenvalue weighted by Crippen LogP contribution is 2.20. The first-order chi connectivity index (χ1) is 6.79. The normalized spacial score (nSPS) is 11.7. The standard InChI is InChI=1S/C8H6Cl2F2O2S/c9-5-3-7(11)6(8(12)4-5)1-2-15(10,13)14/h3-4H,1-2H2. The van der Waals surface area contributed by atoms with E-state index in [2.05, 4.69) is 0 Å². The van der Waals surface area contributed by atoms with Crippen molar-refractivity contribution in [3.8, 4) is 0 Å². The van der Waals surface area contributed by atoms with Crippen LogP contribution in [0, 0.1) is 11.6 Å². The van der Waals surface area contributed by atoms with Gasteiger partial charge in [-0.25, -0.2) is 17.2 Å². The van der Waals surface area contributed by atoms with Gasteiger partial charge in [-0.1, -0.05) is 11.6 Å². The predicted octanol–water partition coefficient (Wildman–Crippen LogP) is 2.73. The largest absolute Gasteiger partial charge is 0.232 e. The molecule has 0 fully saturated rings. The average Bonchev–Trinajstić information content (AvgIpc) is 1.99. The molecule has 1 aromatic carbocycles. The Hall–Kier alpha value is -0.390. The Morgan fingerprint density at radius 3 is 2.07 bits per heavy atom. The third-order valence-corrected chi connectivity index (χ3v) is 3.07.